The van der Waals surface area contributed by atoms with Gasteiger partial charge < -0.3 is 14.9 Å². The van der Waals surface area contributed by atoms with E-state index in [0.29, 0.717) is 5.69 Å². The van der Waals surface area contributed by atoms with Crippen LogP contribution in [0.25, 0.3) is 22.2 Å². The Hall–Kier alpha value is -3.30. The number of nitrogens with two attached hydrogens (primary N) is 1. The lowest BCUT2D eigenvalue weighted by molar-refractivity contribution is 0.580. The molecule has 2 aromatic carbocycles. The van der Waals surface area contributed by atoms with Gasteiger partial charge in [0.15, 0.2) is 0 Å². The Morgan fingerprint density at radius 3 is 2.44 bits per heavy atom. The van der Waals surface area contributed by atoms with Gasteiger partial charge in [-0.3, -0.25) is 4.79 Å². The van der Waals surface area contributed by atoms with Crippen LogP contribution < -0.4 is 11.3 Å². The number of pyridine rings is 2. The second-order valence-corrected chi connectivity index (χ2v) is 9.84. The van der Waals surface area contributed by atoms with Crippen molar-refractivity contribution in [1.29, 1.82) is 0 Å². The molecule has 5 rings (SSSR count). The molecule has 0 radical (unpaired) electrons. The molecule has 0 spiro atoms. The number of hydrogen-bond donors (Lipinski definition) is 1. The summed E-state index contributed by atoms with van der Waals surface area (Å²) in [7, 11) is 3.70. The number of rotatable bonds is 4. The molecular formula is C27H24IN5O. The maximum absolute atomic E-state index is 12.8. The highest BCUT2D eigenvalue weighted by Gasteiger charge is 2.36. The minimum absolute atomic E-state index is 0.0816. The van der Waals surface area contributed by atoms with E-state index in [4.69, 9.17) is 10.7 Å². The van der Waals surface area contributed by atoms with Crippen molar-refractivity contribution in [3.63, 3.8) is 0 Å². The van der Waals surface area contributed by atoms with Crippen LogP contribution in [-0.4, -0.2) is 19.1 Å². The standard InChI is InChI=1S/C27H24IN5O/c1-17-5-4-6-18(13-17)21-14-25(34)33(3)22-11-12-23(31-26(21)22)27(29,24-15-30-16-32(24)2)19-7-9-20(28)10-8-19/h4-16H,29H2,1-3H3/t27-/m1/s1. The van der Waals surface area contributed by atoms with Crippen LogP contribution in [0.3, 0.4) is 0 Å². The summed E-state index contributed by atoms with van der Waals surface area (Å²) in [5.74, 6) is 0. The molecule has 2 N–H and O–H groups in total. The first-order chi connectivity index (χ1) is 16.3. The number of benzene rings is 2. The van der Waals surface area contributed by atoms with Gasteiger partial charge in [0, 0.05) is 29.3 Å². The maximum Gasteiger partial charge on any atom is 0.251 e. The smallest absolute Gasteiger partial charge is 0.251 e. The normalized spacial score (nSPS) is 13.2. The SMILES string of the molecule is Cc1cccc(-c2cc(=O)n(C)c3ccc([C@](N)(c4ccc(I)cc4)c4cncn4C)nc23)c1. The number of hydrogen-bond acceptors (Lipinski definition) is 4. The molecule has 6 nitrogen and oxygen atoms in total. The molecule has 0 amide bonds. The zero-order valence-corrected chi connectivity index (χ0v) is 21.3. The molecule has 3 aromatic heterocycles. The molecule has 0 aliphatic heterocycles. The van der Waals surface area contributed by atoms with Crippen LogP contribution in [0.5, 0.6) is 0 Å². The molecule has 0 aliphatic rings. The summed E-state index contributed by atoms with van der Waals surface area (Å²) in [6.45, 7) is 2.04. The van der Waals surface area contributed by atoms with Gasteiger partial charge in [-0.25, -0.2) is 9.97 Å². The largest absolute Gasteiger partial charge is 0.335 e. The molecule has 7 heteroatoms. The summed E-state index contributed by atoms with van der Waals surface area (Å²) in [5, 5.41) is 0. The van der Waals surface area contributed by atoms with Crippen molar-refractivity contribution < 1.29 is 0 Å². The summed E-state index contributed by atoms with van der Waals surface area (Å²) in [5.41, 5.74) is 12.9. The fourth-order valence-corrected chi connectivity index (χ4v) is 4.82. The summed E-state index contributed by atoms with van der Waals surface area (Å²) in [4.78, 5) is 22.2. The van der Waals surface area contributed by atoms with E-state index in [1.165, 1.54) is 0 Å². The zero-order valence-electron chi connectivity index (χ0n) is 19.2. The highest BCUT2D eigenvalue weighted by atomic mass is 127. The minimum Gasteiger partial charge on any atom is -0.335 e. The van der Waals surface area contributed by atoms with E-state index in [1.807, 2.05) is 73.1 Å². The number of halogens is 1. The van der Waals surface area contributed by atoms with Crippen molar-refractivity contribution in [2.45, 2.75) is 12.5 Å². The van der Waals surface area contributed by atoms with E-state index < -0.39 is 5.54 Å². The number of nitrogens with zero attached hydrogens (tertiary/aromatic N) is 4. The van der Waals surface area contributed by atoms with E-state index in [1.54, 1.807) is 30.2 Å². The third-order valence-corrected chi connectivity index (χ3v) is 7.06. The van der Waals surface area contributed by atoms with Crippen molar-refractivity contribution in [3.8, 4) is 11.1 Å². The van der Waals surface area contributed by atoms with Gasteiger partial charge in [0.05, 0.1) is 34.9 Å². The Morgan fingerprint density at radius 1 is 1.00 bits per heavy atom. The molecule has 170 valence electrons. The van der Waals surface area contributed by atoms with Crippen LogP contribution in [0.1, 0.15) is 22.5 Å². The van der Waals surface area contributed by atoms with Crippen LogP contribution in [0.2, 0.25) is 0 Å². The van der Waals surface area contributed by atoms with Gasteiger partial charge in [-0.15, -0.1) is 0 Å². The number of fused-ring (bicyclic) bond motifs is 1. The van der Waals surface area contributed by atoms with Gasteiger partial charge in [-0.1, -0.05) is 42.0 Å². The Labute approximate surface area is 211 Å². The molecular weight excluding hydrogens is 537 g/mol. The monoisotopic (exact) mass is 561 g/mol. The van der Waals surface area contributed by atoms with Gasteiger partial charge in [0.25, 0.3) is 5.56 Å². The summed E-state index contributed by atoms with van der Waals surface area (Å²) in [6, 6.07) is 21.7. The molecule has 34 heavy (non-hydrogen) atoms. The Morgan fingerprint density at radius 2 is 1.76 bits per heavy atom. The van der Waals surface area contributed by atoms with Crippen LogP contribution in [0.4, 0.5) is 0 Å². The summed E-state index contributed by atoms with van der Waals surface area (Å²) >= 11 is 2.28. The lowest BCUT2D eigenvalue weighted by atomic mass is 9.84. The quantitative estimate of drug-likeness (QED) is 0.328. The highest BCUT2D eigenvalue weighted by molar-refractivity contribution is 14.1. The van der Waals surface area contributed by atoms with E-state index in [9.17, 15) is 4.79 Å². The fraction of sp³-hybridized carbons (Fsp3) is 0.148. The Balaban J connectivity index is 1.84. The first kappa shape index (κ1) is 22.5. The molecule has 0 saturated carbocycles. The van der Waals surface area contributed by atoms with Gasteiger partial charge in [-0.05, 0) is 64.9 Å². The lowest BCUT2D eigenvalue weighted by Crippen LogP contribution is -2.41. The number of imidazole rings is 1. The molecule has 0 unspecified atom stereocenters. The van der Waals surface area contributed by atoms with Crippen LogP contribution in [-0.2, 0) is 19.6 Å². The predicted molar refractivity (Wildman–Crippen MR) is 144 cm³/mol. The topological polar surface area (TPSA) is 78.7 Å². The number of aromatic nitrogens is 4. The van der Waals surface area contributed by atoms with Crippen LogP contribution >= 0.6 is 22.6 Å². The first-order valence-corrected chi connectivity index (χ1v) is 12.0. The van der Waals surface area contributed by atoms with Crippen LogP contribution in [0.15, 0.2) is 84.0 Å². The van der Waals surface area contributed by atoms with Gasteiger partial charge in [0.1, 0.15) is 5.54 Å². The number of aryl methyl sites for hydroxylation is 3. The van der Waals surface area contributed by atoms with E-state index in [0.717, 1.165) is 42.6 Å². The third-order valence-electron chi connectivity index (χ3n) is 6.34. The molecule has 0 bridgehead atoms. The van der Waals surface area contributed by atoms with E-state index in [-0.39, 0.29) is 5.56 Å². The van der Waals surface area contributed by atoms with Crippen molar-refractivity contribution in [3.05, 3.63) is 116 Å². The molecule has 0 fully saturated rings. The van der Waals surface area contributed by atoms with Crippen molar-refractivity contribution in [2.75, 3.05) is 0 Å². The van der Waals surface area contributed by atoms with Crippen molar-refractivity contribution in [2.24, 2.45) is 19.8 Å². The molecule has 3 heterocycles. The van der Waals surface area contributed by atoms with Gasteiger partial charge >= 0.3 is 0 Å². The van der Waals surface area contributed by atoms with E-state index >= 15 is 0 Å². The molecule has 0 aliphatic carbocycles. The summed E-state index contributed by atoms with van der Waals surface area (Å²) in [6.07, 6.45) is 3.53. The van der Waals surface area contributed by atoms with Gasteiger partial charge in [0.2, 0.25) is 0 Å². The Bertz CT molecular complexity index is 1590. The molecule has 0 saturated heterocycles. The van der Waals surface area contributed by atoms with Crippen molar-refractivity contribution in [1.82, 2.24) is 19.1 Å². The second-order valence-electron chi connectivity index (χ2n) is 8.59. The average molecular weight is 561 g/mol. The second kappa shape index (κ2) is 8.48. The highest BCUT2D eigenvalue weighted by Crippen LogP contribution is 2.35. The van der Waals surface area contributed by atoms with Crippen LogP contribution in [0, 0.1) is 10.5 Å². The van der Waals surface area contributed by atoms with E-state index in [2.05, 4.69) is 33.6 Å². The van der Waals surface area contributed by atoms with Crippen molar-refractivity contribution >= 4 is 33.6 Å². The Kier molecular flexibility index (Phi) is 5.61. The molecule has 5 aromatic rings. The zero-order chi connectivity index (χ0) is 24.0. The summed E-state index contributed by atoms with van der Waals surface area (Å²) < 4.78 is 4.67. The molecule has 1 atom stereocenters. The average Bonchev–Trinajstić information content (AvgIpc) is 3.27. The third kappa shape index (κ3) is 3.65. The first-order valence-electron chi connectivity index (χ1n) is 10.9. The minimum atomic E-state index is -1.04. The maximum atomic E-state index is 12.8. The predicted octanol–water partition coefficient (Wildman–Crippen LogP) is 4.50. The van der Waals surface area contributed by atoms with Gasteiger partial charge in [-0.2, -0.15) is 0 Å². The lowest BCUT2D eigenvalue weighted by Gasteiger charge is -2.30. The fourth-order valence-electron chi connectivity index (χ4n) is 4.46.